The van der Waals surface area contributed by atoms with Gasteiger partial charge in [0.2, 0.25) is 0 Å². The Bertz CT molecular complexity index is 1320. The van der Waals surface area contributed by atoms with Gasteiger partial charge in [0.1, 0.15) is 9.88 Å². The molecule has 170 valence electrons. The number of aryl methyl sites for hydroxylation is 1. The third-order valence-corrected chi connectivity index (χ3v) is 6.67. The minimum absolute atomic E-state index is 0.232. The Kier molecular flexibility index (Phi) is 6.73. The van der Waals surface area contributed by atoms with Crippen LogP contribution >= 0.6 is 22.9 Å². The molecule has 0 bridgehead atoms. The predicted octanol–water partition coefficient (Wildman–Crippen LogP) is 3.86. The lowest BCUT2D eigenvalue weighted by Gasteiger charge is -2.11. The Labute approximate surface area is 199 Å². The van der Waals surface area contributed by atoms with E-state index in [0.717, 1.165) is 11.1 Å². The van der Waals surface area contributed by atoms with Crippen molar-refractivity contribution in [2.75, 3.05) is 13.6 Å². The van der Waals surface area contributed by atoms with Gasteiger partial charge in [0, 0.05) is 29.6 Å². The van der Waals surface area contributed by atoms with E-state index in [4.69, 9.17) is 11.6 Å². The van der Waals surface area contributed by atoms with Gasteiger partial charge in [-0.25, -0.2) is 4.98 Å². The Morgan fingerprint density at radius 2 is 1.94 bits per heavy atom. The first kappa shape index (κ1) is 22.9. The predicted molar refractivity (Wildman–Crippen MR) is 129 cm³/mol. The lowest BCUT2D eigenvalue weighted by Crippen LogP contribution is -2.25. The number of nitrogens with zero attached hydrogens (tertiary/aromatic N) is 2. The van der Waals surface area contributed by atoms with Crippen LogP contribution in [0.15, 0.2) is 42.5 Å². The summed E-state index contributed by atoms with van der Waals surface area (Å²) in [6, 6.07) is 12.5. The first-order valence-corrected chi connectivity index (χ1v) is 11.5. The number of carbonyl (C=O) groups excluding carboxylic acids is 2. The topological polar surface area (TPSA) is 120 Å². The maximum absolute atomic E-state index is 12.7. The van der Waals surface area contributed by atoms with Crippen molar-refractivity contribution in [2.24, 2.45) is 0 Å². The molecule has 2 heterocycles. The number of amides is 2. The Balaban J connectivity index is 1.43. The number of aliphatic hydroxyl groups is 1. The van der Waals surface area contributed by atoms with Gasteiger partial charge in [-0.3, -0.25) is 14.7 Å². The molecule has 4 aromatic rings. The van der Waals surface area contributed by atoms with Crippen molar-refractivity contribution in [3.05, 3.63) is 69.3 Å². The smallest absolute Gasteiger partial charge is 0.272 e. The third kappa shape index (κ3) is 4.90. The largest absolute Gasteiger partial charge is 0.388 e. The molecule has 0 fully saturated rings. The number of rotatable bonds is 7. The number of nitrogens with one attached hydrogen (secondary N) is 3. The monoisotopic (exact) mass is 483 g/mol. The second-order valence-electron chi connectivity index (χ2n) is 7.46. The van der Waals surface area contributed by atoms with Crippen molar-refractivity contribution in [1.82, 2.24) is 25.8 Å². The standard InChI is InChI=1S/C23H22ClN5O3S/c1-12-20(22(32)26-10-9-18(30)13-3-6-15(24)7-4-13)33-23(27-12)14-5-8-16-17(11-14)28-29-19(16)21(31)25-2/h3-8,11,18,30H,9-10H2,1-2H3,(H,25,31)(H,26,32)(H,28,29)/t18-/m1/s1. The number of hydrogen-bond donors (Lipinski definition) is 4. The molecule has 33 heavy (non-hydrogen) atoms. The molecule has 0 unspecified atom stereocenters. The van der Waals surface area contributed by atoms with Gasteiger partial charge >= 0.3 is 0 Å². The van der Waals surface area contributed by atoms with E-state index in [1.807, 2.05) is 18.2 Å². The molecule has 8 nitrogen and oxygen atoms in total. The number of benzene rings is 2. The van der Waals surface area contributed by atoms with E-state index in [9.17, 15) is 14.7 Å². The van der Waals surface area contributed by atoms with E-state index in [1.54, 1.807) is 38.2 Å². The number of halogens is 1. The first-order valence-electron chi connectivity index (χ1n) is 10.3. The molecule has 0 spiro atoms. The van der Waals surface area contributed by atoms with E-state index in [1.165, 1.54) is 11.3 Å². The molecule has 4 N–H and O–H groups in total. The number of aliphatic hydroxyl groups excluding tert-OH is 1. The summed E-state index contributed by atoms with van der Waals surface area (Å²) in [5.41, 5.74) is 3.23. The van der Waals surface area contributed by atoms with E-state index >= 15 is 0 Å². The number of aromatic amines is 1. The maximum Gasteiger partial charge on any atom is 0.272 e. The normalized spacial score (nSPS) is 12.0. The van der Waals surface area contributed by atoms with Crippen LogP contribution in [0.2, 0.25) is 5.02 Å². The summed E-state index contributed by atoms with van der Waals surface area (Å²) in [5.74, 6) is -0.497. The number of fused-ring (bicyclic) bond motifs is 1. The molecule has 10 heteroatoms. The molecular weight excluding hydrogens is 462 g/mol. The van der Waals surface area contributed by atoms with Crippen LogP contribution in [0.1, 0.15) is 43.9 Å². The molecule has 2 amide bonds. The SMILES string of the molecule is CNC(=O)c1n[nH]c2cc(-c3nc(C)c(C(=O)NCC[C@@H](O)c4ccc(Cl)cc4)s3)ccc12. The molecular formula is C23H22ClN5O3S. The average molecular weight is 484 g/mol. The van der Waals surface area contributed by atoms with Gasteiger partial charge in [0.05, 0.1) is 17.3 Å². The molecule has 1 atom stereocenters. The van der Waals surface area contributed by atoms with Crippen LogP contribution in [0.5, 0.6) is 0 Å². The van der Waals surface area contributed by atoms with Crippen molar-refractivity contribution >= 4 is 45.7 Å². The van der Waals surface area contributed by atoms with Crippen molar-refractivity contribution < 1.29 is 14.7 Å². The van der Waals surface area contributed by atoms with Crippen LogP contribution in [0.3, 0.4) is 0 Å². The molecule has 2 aromatic carbocycles. The summed E-state index contributed by atoms with van der Waals surface area (Å²) in [6.45, 7) is 2.10. The maximum atomic E-state index is 12.7. The zero-order valence-electron chi connectivity index (χ0n) is 18.0. The van der Waals surface area contributed by atoms with Crippen molar-refractivity contribution in [1.29, 1.82) is 0 Å². The summed E-state index contributed by atoms with van der Waals surface area (Å²) in [7, 11) is 1.56. The fourth-order valence-electron chi connectivity index (χ4n) is 3.43. The van der Waals surface area contributed by atoms with Gasteiger partial charge in [-0.05, 0) is 43.2 Å². The number of H-pyrrole nitrogens is 1. The molecule has 2 aromatic heterocycles. The molecule has 0 aliphatic rings. The number of aromatic nitrogens is 3. The van der Waals surface area contributed by atoms with Crippen LogP contribution < -0.4 is 10.6 Å². The molecule has 0 saturated heterocycles. The summed E-state index contributed by atoms with van der Waals surface area (Å²) < 4.78 is 0. The molecule has 0 aliphatic carbocycles. The minimum atomic E-state index is -0.693. The van der Waals surface area contributed by atoms with Crippen molar-refractivity contribution in [2.45, 2.75) is 19.4 Å². The van der Waals surface area contributed by atoms with Crippen LogP contribution in [0, 0.1) is 6.92 Å². The highest BCUT2D eigenvalue weighted by Crippen LogP contribution is 2.30. The quantitative estimate of drug-likeness (QED) is 0.318. The second-order valence-corrected chi connectivity index (χ2v) is 8.89. The Morgan fingerprint density at radius 3 is 2.67 bits per heavy atom. The number of carbonyl (C=O) groups is 2. The zero-order valence-corrected chi connectivity index (χ0v) is 19.5. The minimum Gasteiger partial charge on any atom is -0.388 e. The van der Waals surface area contributed by atoms with Gasteiger partial charge in [-0.1, -0.05) is 29.8 Å². The molecule has 0 saturated carbocycles. The summed E-state index contributed by atoms with van der Waals surface area (Å²) in [4.78, 5) is 29.7. The van der Waals surface area contributed by atoms with Crippen LogP contribution in [0.4, 0.5) is 0 Å². The van der Waals surface area contributed by atoms with Crippen LogP contribution in [-0.4, -0.2) is 45.7 Å². The van der Waals surface area contributed by atoms with E-state index in [2.05, 4.69) is 25.8 Å². The first-order chi connectivity index (χ1) is 15.9. The van der Waals surface area contributed by atoms with Gasteiger partial charge < -0.3 is 15.7 Å². The van der Waals surface area contributed by atoms with Crippen molar-refractivity contribution in [3.63, 3.8) is 0 Å². The van der Waals surface area contributed by atoms with Crippen molar-refractivity contribution in [3.8, 4) is 10.6 Å². The summed E-state index contributed by atoms with van der Waals surface area (Å²) >= 11 is 7.16. The molecule has 0 radical (unpaired) electrons. The Morgan fingerprint density at radius 1 is 1.18 bits per heavy atom. The van der Waals surface area contributed by atoms with E-state index in [-0.39, 0.29) is 11.8 Å². The highest BCUT2D eigenvalue weighted by molar-refractivity contribution is 7.17. The van der Waals surface area contributed by atoms with Crippen LogP contribution in [-0.2, 0) is 0 Å². The van der Waals surface area contributed by atoms with Gasteiger partial charge in [-0.15, -0.1) is 11.3 Å². The van der Waals surface area contributed by atoms with Gasteiger partial charge in [0.15, 0.2) is 5.69 Å². The van der Waals surface area contributed by atoms with E-state index in [0.29, 0.717) is 50.2 Å². The highest BCUT2D eigenvalue weighted by atomic mass is 35.5. The van der Waals surface area contributed by atoms with Gasteiger partial charge in [-0.2, -0.15) is 5.10 Å². The average Bonchev–Trinajstić information content (AvgIpc) is 3.42. The third-order valence-electron chi connectivity index (χ3n) is 5.21. The second kappa shape index (κ2) is 9.70. The fraction of sp³-hybridized carbons (Fsp3) is 0.217. The van der Waals surface area contributed by atoms with Gasteiger partial charge in [0.25, 0.3) is 11.8 Å². The zero-order chi connectivity index (χ0) is 23.5. The lowest BCUT2D eigenvalue weighted by atomic mass is 10.1. The van der Waals surface area contributed by atoms with Crippen LogP contribution in [0.25, 0.3) is 21.5 Å². The number of hydrogen-bond acceptors (Lipinski definition) is 6. The molecule has 0 aliphatic heterocycles. The summed E-state index contributed by atoms with van der Waals surface area (Å²) in [5, 5.41) is 24.7. The summed E-state index contributed by atoms with van der Waals surface area (Å²) in [6.07, 6.45) is -0.316. The lowest BCUT2D eigenvalue weighted by molar-refractivity contribution is 0.0941. The van der Waals surface area contributed by atoms with E-state index < -0.39 is 6.10 Å². The fourth-order valence-corrected chi connectivity index (χ4v) is 4.53. The molecule has 4 rings (SSSR count). The number of thiazole rings is 1. The highest BCUT2D eigenvalue weighted by Gasteiger charge is 2.18. The Hall–Kier alpha value is -3.27.